The molecule has 2 aliphatic rings. The van der Waals surface area contributed by atoms with Gasteiger partial charge in [0.25, 0.3) is 0 Å². The molecule has 0 saturated carbocycles. The summed E-state index contributed by atoms with van der Waals surface area (Å²) in [6, 6.07) is 4.30. The number of carbonyl (C=O) groups excluding carboxylic acids is 1. The third kappa shape index (κ3) is 6.80. The van der Waals surface area contributed by atoms with Crippen molar-refractivity contribution in [3.8, 4) is 17.6 Å². The summed E-state index contributed by atoms with van der Waals surface area (Å²) < 4.78 is 40.3. The second kappa shape index (κ2) is 12.4. The SMILES string of the molecule is CC(C)CC#Cc1ccc2c(c1)O[C@@H](CN(C)C(=O)C1CCOCC1)[C@@H](C)CN([C@H](C)CO)S2(=O)=O. The summed E-state index contributed by atoms with van der Waals surface area (Å²) in [5.41, 5.74) is 0.671. The number of likely N-dealkylation sites (N-methyl/N-ethyl adjacent to an activating group) is 1. The molecule has 0 radical (unpaired) electrons. The second-order valence-electron chi connectivity index (χ2n) is 10.4. The van der Waals surface area contributed by atoms with Gasteiger partial charge in [0.05, 0.1) is 13.2 Å². The summed E-state index contributed by atoms with van der Waals surface area (Å²) in [6.07, 6.45) is 1.69. The molecular weight excluding hydrogens is 480 g/mol. The van der Waals surface area contributed by atoms with Gasteiger partial charge in [-0.2, -0.15) is 4.31 Å². The average Bonchev–Trinajstić information content (AvgIpc) is 2.85. The minimum atomic E-state index is -3.92. The number of carbonyl (C=O) groups is 1. The lowest BCUT2D eigenvalue weighted by molar-refractivity contribution is -0.138. The van der Waals surface area contributed by atoms with Crippen LogP contribution < -0.4 is 4.74 Å². The molecule has 0 bridgehead atoms. The number of hydrogen-bond donors (Lipinski definition) is 1. The highest BCUT2D eigenvalue weighted by Gasteiger charge is 2.38. The van der Waals surface area contributed by atoms with Gasteiger partial charge in [-0.1, -0.05) is 32.6 Å². The Morgan fingerprint density at radius 1 is 1.25 bits per heavy atom. The highest BCUT2D eigenvalue weighted by molar-refractivity contribution is 7.89. The number of amides is 1. The standard InChI is InChI=1S/C27H40N2O6S/c1-19(2)7-6-8-22-9-10-26-24(15-22)35-25(17-28(5)27(31)23-11-13-34-14-12-23)20(3)16-29(21(4)18-30)36(26,32)33/h9-10,15,19-21,23,25,30H,7,11-14,16-18H2,1-5H3/t20-,21+,25-/m0/s1. The quantitative estimate of drug-likeness (QED) is 0.580. The first-order valence-corrected chi connectivity index (χ1v) is 14.2. The molecule has 8 nitrogen and oxygen atoms in total. The Morgan fingerprint density at radius 2 is 1.94 bits per heavy atom. The first kappa shape index (κ1) is 28.5. The van der Waals surface area contributed by atoms with Gasteiger partial charge < -0.3 is 19.5 Å². The van der Waals surface area contributed by atoms with Crippen LogP contribution in [0.2, 0.25) is 0 Å². The fraction of sp³-hybridized carbons (Fsp3) is 0.667. The Hall–Kier alpha value is -2.12. The lowest BCUT2D eigenvalue weighted by Gasteiger charge is -2.38. The number of benzene rings is 1. The number of fused-ring (bicyclic) bond motifs is 1. The predicted molar refractivity (Wildman–Crippen MR) is 138 cm³/mol. The maximum absolute atomic E-state index is 13.6. The van der Waals surface area contributed by atoms with Crippen LogP contribution in [-0.4, -0.2) is 80.7 Å². The second-order valence-corrected chi connectivity index (χ2v) is 12.3. The van der Waals surface area contributed by atoms with E-state index in [1.54, 1.807) is 31.0 Å². The number of sulfonamides is 1. The fourth-order valence-electron chi connectivity index (χ4n) is 4.49. The highest BCUT2D eigenvalue weighted by Crippen LogP contribution is 2.34. The summed E-state index contributed by atoms with van der Waals surface area (Å²) >= 11 is 0. The van der Waals surface area contributed by atoms with Crippen LogP contribution in [0.1, 0.15) is 52.5 Å². The minimum absolute atomic E-state index is 0.0486. The Bertz CT molecular complexity index is 1070. The van der Waals surface area contributed by atoms with Gasteiger partial charge >= 0.3 is 0 Å². The van der Waals surface area contributed by atoms with Crippen molar-refractivity contribution in [2.24, 2.45) is 17.8 Å². The van der Waals surface area contributed by atoms with Crippen molar-refractivity contribution in [3.63, 3.8) is 0 Å². The maximum atomic E-state index is 13.6. The summed E-state index contributed by atoms with van der Waals surface area (Å²) in [7, 11) is -2.15. The molecular formula is C27H40N2O6S. The average molecular weight is 521 g/mol. The van der Waals surface area contributed by atoms with Gasteiger partial charge in [-0.3, -0.25) is 4.79 Å². The number of ether oxygens (including phenoxy) is 2. The van der Waals surface area contributed by atoms with Crippen LogP contribution in [0.5, 0.6) is 5.75 Å². The molecule has 0 aromatic heterocycles. The van der Waals surface area contributed by atoms with E-state index in [2.05, 4.69) is 25.7 Å². The van der Waals surface area contributed by atoms with Crippen molar-refractivity contribution in [2.75, 3.05) is 40.0 Å². The van der Waals surface area contributed by atoms with E-state index >= 15 is 0 Å². The van der Waals surface area contributed by atoms with Gasteiger partial charge in [0.1, 0.15) is 16.7 Å². The van der Waals surface area contributed by atoms with Crippen molar-refractivity contribution in [3.05, 3.63) is 23.8 Å². The molecule has 0 aliphatic carbocycles. The normalized spacial score (nSPS) is 23.4. The molecule has 1 saturated heterocycles. The zero-order valence-electron chi connectivity index (χ0n) is 22.1. The van der Waals surface area contributed by atoms with Crippen LogP contribution in [0.25, 0.3) is 0 Å². The minimum Gasteiger partial charge on any atom is -0.487 e. The lowest BCUT2D eigenvalue weighted by atomic mass is 9.97. The van der Waals surface area contributed by atoms with Gasteiger partial charge in [-0.15, -0.1) is 0 Å². The topological polar surface area (TPSA) is 96.4 Å². The van der Waals surface area contributed by atoms with E-state index in [4.69, 9.17) is 9.47 Å². The highest BCUT2D eigenvalue weighted by atomic mass is 32.2. The zero-order chi connectivity index (χ0) is 26.5. The number of nitrogens with zero attached hydrogens (tertiary/aromatic N) is 2. The van der Waals surface area contributed by atoms with E-state index < -0.39 is 22.2 Å². The first-order valence-electron chi connectivity index (χ1n) is 12.8. The van der Waals surface area contributed by atoms with Crippen molar-refractivity contribution < 1.29 is 27.8 Å². The van der Waals surface area contributed by atoms with Crippen LogP contribution in [-0.2, 0) is 19.6 Å². The lowest BCUT2D eigenvalue weighted by Crippen LogP contribution is -2.50. The molecule has 2 aliphatic heterocycles. The van der Waals surface area contributed by atoms with Gasteiger partial charge in [-0.25, -0.2) is 8.42 Å². The van der Waals surface area contributed by atoms with Gasteiger partial charge in [0.15, 0.2) is 0 Å². The summed E-state index contributed by atoms with van der Waals surface area (Å²) in [6.45, 7) is 9.15. The van der Waals surface area contributed by atoms with Crippen LogP contribution in [0, 0.1) is 29.6 Å². The van der Waals surface area contributed by atoms with Crippen LogP contribution in [0.3, 0.4) is 0 Å². The summed E-state index contributed by atoms with van der Waals surface area (Å²) in [5.74, 6) is 6.65. The molecule has 9 heteroatoms. The smallest absolute Gasteiger partial charge is 0.247 e. The van der Waals surface area contributed by atoms with Crippen molar-refractivity contribution in [1.82, 2.24) is 9.21 Å². The molecule has 1 N–H and O–H groups in total. The molecule has 1 amide bonds. The van der Waals surface area contributed by atoms with E-state index in [0.717, 1.165) is 6.42 Å². The van der Waals surface area contributed by atoms with E-state index in [1.165, 1.54) is 10.4 Å². The molecule has 36 heavy (non-hydrogen) atoms. The number of rotatable bonds is 6. The number of aliphatic hydroxyl groups is 1. The molecule has 1 aromatic rings. The third-order valence-electron chi connectivity index (χ3n) is 6.81. The molecule has 1 aromatic carbocycles. The van der Waals surface area contributed by atoms with Crippen LogP contribution in [0.4, 0.5) is 0 Å². The molecule has 3 atom stereocenters. The monoisotopic (exact) mass is 520 g/mol. The zero-order valence-corrected chi connectivity index (χ0v) is 22.9. The Balaban J connectivity index is 1.96. The summed E-state index contributed by atoms with van der Waals surface area (Å²) in [5, 5.41) is 9.81. The van der Waals surface area contributed by atoms with E-state index in [1.807, 2.05) is 6.92 Å². The number of aliphatic hydroxyl groups excluding tert-OH is 1. The fourth-order valence-corrected chi connectivity index (χ4v) is 6.32. The Morgan fingerprint density at radius 3 is 2.58 bits per heavy atom. The molecule has 1 fully saturated rings. The van der Waals surface area contributed by atoms with E-state index in [9.17, 15) is 18.3 Å². The predicted octanol–water partition coefficient (Wildman–Crippen LogP) is 2.74. The number of hydrogen-bond acceptors (Lipinski definition) is 6. The molecule has 2 heterocycles. The molecule has 3 rings (SSSR count). The molecule has 0 unspecified atom stereocenters. The molecule has 200 valence electrons. The van der Waals surface area contributed by atoms with Crippen molar-refractivity contribution in [2.45, 2.75) is 64.0 Å². The van der Waals surface area contributed by atoms with E-state index in [0.29, 0.717) is 44.1 Å². The van der Waals surface area contributed by atoms with Crippen LogP contribution >= 0.6 is 0 Å². The Kier molecular flexibility index (Phi) is 9.81. The van der Waals surface area contributed by atoms with Crippen molar-refractivity contribution >= 4 is 15.9 Å². The summed E-state index contributed by atoms with van der Waals surface area (Å²) in [4.78, 5) is 14.8. The van der Waals surface area contributed by atoms with Gasteiger partial charge in [0.2, 0.25) is 15.9 Å². The molecule has 0 spiro atoms. The Labute approximate surface area is 216 Å². The largest absolute Gasteiger partial charge is 0.487 e. The van der Waals surface area contributed by atoms with Gasteiger partial charge in [-0.05, 0) is 43.9 Å². The third-order valence-corrected chi connectivity index (χ3v) is 8.83. The maximum Gasteiger partial charge on any atom is 0.247 e. The van der Waals surface area contributed by atoms with E-state index in [-0.39, 0.29) is 41.5 Å². The first-order chi connectivity index (χ1) is 17.0. The van der Waals surface area contributed by atoms with Crippen LogP contribution in [0.15, 0.2) is 23.1 Å². The van der Waals surface area contributed by atoms with Crippen molar-refractivity contribution in [1.29, 1.82) is 0 Å². The van der Waals surface area contributed by atoms with Gasteiger partial charge in [0, 0.05) is 56.7 Å².